The van der Waals surface area contributed by atoms with Crippen LogP contribution in [-0.2, 0) is 17.9 Å². The van der Waals surface area contributed by atoms with Crippen LogP contribution >= 0.6 is 0 Å². The normalized spacial score (nSPS) is 17.9. The monoisotopic (exact) mass is 334 g/mol. The number of methoxy groups -OCH3 is 1. The quantitative estimate of drug-likeness (QED) is 0.861. The van der Waals surface area contributed by atoms with Crippen molar-refractivity contribution in [1.29, 1.82) is 0 Å². The lowest BCUT2D eigenvalue weighted by molar-refractivity contribution is 0.147. The summed E-state index contributed by atoms with van der Waals surface area (Å²) >= 11 is 0. The van der Waals surface area contributed by atoms with Gasteiger partial charge in [-0.1, -0.05) is 0 Å². The zero-order valence-electron chi connectivity index (χ0n) is 13.9. The number of nitrogens with zero attached hydrogens (tertiary/aromatic N) is 4. The summed E-state index contributed by atoms with van der Waals surface area (Å²) < 4.78 is 10.2. The van der Waals surface area contributed by atoms with E-state index in [0.717, 1.165) is 25.0 Å². The Labute approximate surface area is 139 Å². The molecule has 0 aromatic carbocycles. The first-order valence-electron chi connectivity index (χ1n) is 8.02. The van der Waals surface area contributed by atoms with Gasteiger partial charge in [0.25, 0.3) is 0 Å². The number of urea groups is 1. The second-order valence-electron chi connectivity index (χ2n) is 5.79. The molecule has 2 aromatic rings. The Balaban J connectivity index is 1.66. The van der Waals surface area contributed by atoms with Crippen LogP contribution in [0, 0.1) is 6.92 Å². The van der Waals surface area contributed by atoms with Gasteiger partial charge in [0.1, 0.15) is 18.1 Å². The number of carbonyl (C=O) groups excluding carboxylic acids is 1. The van der Waals surface area contributed by atoms with Crippen LogP contribution < -0.4 is 5.32 Å². The van der Waals surface area contributed by atoms with E-state index in [1.54, 1.807) is 12.0 Å². The van der Waals surface area contributed by atoms with Gasteiger partial charge in [-0.3, -0.25) is 5.10 Å². The van der Waals surface area contributed by atoms with Gasteiger partial charge in [-0.25, -0.2) is 14.8 Å². The molecule has 0 aliphatic carbocycles. The zero-order chi connectivity index (χ0) is 16.9. The number of rotatable bonds is 5. The molecule has 24 heavy (non-hydrogen) atoms. The van der Waals surface area contributed by atoms with Gasteiger partial charge in [-0.05, 0) is 26.2 Å². The highest BCUT2D eigenvalue weighted by molar-refractivity contribution is 5.74. The Morgan fingerprint density at radius 1 is 1.54 bits per heavy atom. The highest BCUT2D eigenvalue weighted by Gasteiger charge is 2.31. The van der Waals surface area contributed by atoms with Gasteiger partial charge in [-0.15, -0.1) is 0 Å². The van der Waals surface area contributed by atoms with Crippen molar-refractivity contribution in [3.05, 3.63) is 29.5 Å². The minimum Gasteiger partial charge on any atom is -0.448 e. The lowest BCUT2D eigenvalue weighted by Crippen LogP contribution is -2.44. The maximum atomic E-state index is 12.6. The van der Waals surface area contributed by atoms with E-state index in [1.807, 2.05) is 6.92 Å². The summed E-state index contributed by atoms with van der Waals surface area (Å²) in [5.41, 5.74) is 0.734. The van der Waals surface area contributed by atoms with Crippen molar-refractivity contribution in [2.75, 3.05) is 13.7 Å². The Kier molecular flexibility index (Phi) is 5.09. The van der Waals surface area contributed by atoms with Crippen molar-refractivity contribution in [2.45, 2.75) is 45.4 Å². The Hall–Kier alpha value is -2.42. The first-order chi connectivity index (χ1) is 11.7. The number of nitrogens with one attached hydrogen (secondary N) is 2. The van der Waals surface area contributed by atoms with E-state index in [4.69, 9.17) is 9.15 Å². The number of aromatic nitrogens is 4. The molecule has 130 valence electrons. The largest absolute Gasteiger partial charge is 0.448 e. The predicted octanol–water partition coefficient (Wildman–Crippen LogP) is 1.68. The molecule has 0 spiro atoms. The van der Waals surface area contributed by atoms with E-state index in [9.17, 15) is 4.79 Å². The molecular weight excluding hydrogens is 312 g/mol. The summed E-state index contributed by atoms with van der Waals surface area (Å²) in [7, 11) is 1.61. The lowest BCUT2D eigenvalue weighted by atomic mass is 10.0. The smallest absolute Gasteiger partial charge is 0.318 e. The highest BCUT2D eigenvalue weighted by atomic mass is 16.5. The Morgan fingerprint density at radius 3 is 3.17 bits per heavy atom. The van der Waals surface area contributed by atoms with Crippen LogP contribution in [0.2, 0.25) is 0 Å². The minimum absolute atomic E-state index is 0.126. The third-order valence-electron chi connectivity index (χ3n) is 4.14. The number of piperidine rings is 1. The number of hydrogen-bond donors (Lipinski definition) is 2. The molecule has 3 rings (SSSR count). The lowest BCUT2D eigenvalue weighted by Gasteiger charge is -2.33. The van der Waals surface area contributed by atoms with Crippen LogP contribution in [0.25, 0.3) is 0 Å². The molecule has 1 aliphatic heterocycles. The summed E-state index contributed by atoms with van der Waals surface area (Å²) in [4.78, 5) is 22.9. The number of ether oxygens (including phenoxy) is 1. The number of hydrogen-bond acceptors (Lipinski definition) is 6. The molecule has 0 saturated carbocycles. The molecule has 0 radical (unpaired) electrons. The number of aryl methyl sites for hydroxylation is 1. The number of H-pyrrole nitrogens is 1. The topological polar surface area (TPSA) is 109 Å². The Morgan fingerprint density at radius 2 is 2.42 bits per heavy atom. The molecule has 2 N–H and O–H groups in total. The van der Waals surface area contributed by atoms with Crippen LogP contribution in [0.15, 0.2) is 10.8 Å². The standard InChI is InChI=1S/C15H22N6O3/c1-10-11(17-9-24-10)7-16-15(22)21-6-4-3-5-12(21)14-18-13(8-23-2)19-20-14/h9,12H,3-8H2,1-2H3,(H,16,22)(H,18,19,20). The van der Waals surface area contributed by atoms with Crippen LogP contribution in [0.1, 0.15) is 48.4 Å². The first-order valence-corrected chi connectivity index (χ1v) is 8.02. The maximum Gasteiger partial charge on any atom is 0.318 e. The second-order valence-corrected chi connectivity index (χ2v) is 5.79. The summed E-state index contributed by atoms with van der Waals surface area (Å²) in [6, 6.07) is -0.265. The molecule has 1 aliphatic rings. The third-order valence-corrected chi connectivity index (χ3v) is 4.14. The van der Waals surface area contributed by atoms with Crippen LogP contribution in [-0.4, -0.2) is 44.8 Å². The van der Waals surface area contributed by atoms with Crippen LogP contribution in [0.4, 0.5) is 4.79 Å². The fraction of sp³-hybridized carbons (Fsp3) is 0.600. The summed E-state index contributed by atoms with van der Waals surface area (Å²) in [6.45, 7) is 3.22. The summed E-state index contributed by atoms with van der Waals surface area (Å²) in [5, 5.41) is 10.0. The average molecular weight is 334 g/mol. The van der Waals surface area contributed by atoms with Gasteiger partial charge >= 0.3 is 6.03 Å². The number of carbonyl (C=O) groups is 1. The summed E-state index contributed by atoms with van der Waals surface area (Å²) in [5.74, 6) is 2.01. The highest BCUT2D eigenvalue weighted by Crippen LogP contribution is 2.28. The fourth-order valence-corrected chi connectivity index (χ4v) is 2.86. The van der Waals surface area contributed by atoms with E-state index in [1.165, 1.54) is 6.39 Å². The van der Waals surface area contributed by atoms with Gasteiger partial charge in [0.15, 0.2) is 18.0 Å². The molecule has 1 atom stereocenters. The molecular formula is C15H22N6O3. The van der Waals surface area contributed by atoms with Gasteiger partial charge < -0.3 is 19.4 Å². The maximum absolute atomic E-state index is 12.6. The molecule has 1 unspecified atom stereocenters. The SMILES string of the molecule is COCc1nc(C2CCCCN2C(=O)NCc2ncoc2C)n[nH]1. The van der Waals surface area contributed by atoms with E-state index >= 15 is 0 Å². The van der Waals surface area contributed by atoms with Crippen LogP contribution in [0.5, 0.6) is 0 Å². The molecule has 9 nitrogen and oxygen atoms in total. The second kappa shape index (κ2) is 7.43. The van der Waals surface area contributed by atoms with Crippen molar-refractivity contribution in [2.24, 2.45) is 0 Å². The van der Waals surface area contributed by atoms with E-state index in [-0.39, 0.29) is 12.1 Å². The molecule has 1 saturated heterocycles. The van der Waals surface area contributed by atoms with Crippen molar-refractivity contribution in [1.82, 2.24) is 30.4 Å². The molecule has 2 aromatic heterocycles. The Bertz CT molecular complexity index is 682. The molecule has 0 bridgehead atoms. The minimum atomic E-state index is -0.139. The van der Waals surface area contributed by atoms with E-state index in [2.05, 4.69) is 25.5 Å². The van der Waals surface area contributed by atoms with Crippen molar-refractivity contribution in [3.63, 3.8) is 0 Å². The van der Waals surface area contributed by atoms with Crippen molar-refractivity contribution >= 4 is 6.03 Å². The van der Waals surface area contributed by atoms with E-state index < -0.39 is 0 Å². The van der Waals surface area contributed by atoms with Crippen LogP contribution in [0.3, 0.4) is 0 Å². The molecule has 2 amide bonds. The number of amides is 2. The van der Waals surface area contributed by atoms with Gasteiger partial charge in [-0.2, -0.15) is 5.10 Å². The van der Waals surface area contributed by atoms with Gasteiger partial charge in [0.2, 0.25) is 0 Å². The molecule has 1 fully saturated rings. The molecule has 3 heterocycles. The number of oxazole rings is 1. The van der Waals surface area contributed by atoms with Gasteiger partial charge in [0.05, 0.1) is 12.6 Å². The van der Waals surface area contributed by atoms with Gasteiger partial charge in [0, 0.05) is 13.7 Å². The first kappa shape index (κ1) is 16.4. The summed E-state index contributed by atoms with van der Waals surface area (Å²) in [6.07, 6.45) is 4.25. The third kappa shape index (κ3) is 3.56. The van der Waals surface area contributed by atoms with E-state index in [0.29, 0.717) is 37.1 Å². The number of likely N-dealkylation sites (tertiary alicyclic amines) is 1. The predicted molar refractivity (Wildman–Crippen MR) is 83.9 cm³/mol. The molecule has 9 heteroatoms. The zero-order valence-corrected chi connectivity index (χ0v) is 13.9. The van der Waals surface area contributed by atoms with Crippen molar-refractivity contribution < 1.29 is 13.9 Å². The fourth-order valence-electron chi connectivity index (χ4n) is 2.86. The average Bonchev–Trinajstić information content (AvgIpc) is 3.22. The number of aromatic amines is 1. The van der Waals surface area contributed by atoms with Crippen molar-refractivity contribution in [3.8, 4) is 0 Å².